The number of aliphatic hydroxyl groups is 1. The molecule has 0 spiro atoms. The minimum absolute atomic E-state index is 0.0172. The molecule has 1 aromatic heterocycles. The maximum absolute atomic E-state index is 13.2. The summed E-state index contributed by atoms with van der Waals surface area (Å²) in [5, 5.41) is 11.4. The van der Waals surface area contributed by atoms with Gasteiger partial charge in [0.15, 0.2) is 0 Å². The summed E-state index contributed by atoms with van der Waals surface area (Å²) < 4.78 is 11.3. The molecule has 178 valence electrons. The van der Waals surface area contributed by atoms with E-state index in [1.165, 1.54) is 12.0 Å². The molecule has 2 aromatic rings. The van der Waals surface area contributed by atoms with Crippen LogP contribution in [-0.4, -0.2) is 60.9 Å². The highest BCUT2D eigenvalue weighted by Gasteiger charge is 2.47. The molecule has 1 fully saturated rings. The second-order valence-electron chi connectivity index (χ2n) is 9.76. The SMILES string of the molecule is COc1ccc(C(C)(C)C)cc1/C(O)=C1\C(=O)C(=O)N(CCCN(C)C)C1c1ccc(C)o1. The average Bonchev–Trinajstić information content (AvgIpc) is 3.28. The molecular weight excluding hydrogens is 420 g/mol. The molecular formula is C26H34N2O5. The van der Waals surface area contributed by atoms with Crippen LogP contribution in [0.2, 0.25) is 0 Å². The first-order valence-electron chi connectivity index (χ1n) is 11.1. The number of aliphatic hydroxyl groups excluding tert-OH is 1. The van der Waals surface area contributed by atoms with Crippen molar-refractivity contribution in [3.63, 3.8) is 0 Å². The topological polar surface area (TPSA) is 83.2 Å². The van der Waals surface area contributed by atoms with Crippen molar-refractivity contribution < 1.29 is 23.8 Å². The number of furan rings is 1. The second-order valence-corrected chi connectivity index (χ2v) is 9.76. The molecule has 7 nitrogen and oxygen atoms in total. The Morgan fingerprint density at radius 1 is 1.18 bits per heavy atom. The number of carbonyl (C=O) groups excluding carboxylic acids is 2. The first-order valence-corrected chi connectivity index (χ1v) is 11.1. The lowest BCUT2D eigenvalue weighted by molar-refractivity contribution is -0.140. The predicted octanol–water partition coefficient (Wildman–Crippen LogP) is 4.27. The van der Waals surface area contributed by atoms with Crippen LogP contribution >= 0.6 is 0 Å². The number of ketones is 1. The molecule has 1 atom stereocenters. The molecule has 0 aliphatic carbocycles. The Morgan fingerprint density at radius 3 is 2.42 bits per heavy atom. The smallest absolute Gasteiger partial charge is 0.295 e. The number of ether oxygens (including phenoxy) is 1. The van der Waals surface area contributed by atoms with Crippen LogP contribution in [0.15, 0.2) is 40.3 Å². The lowest BCUT2D eigenvalue weighted by atomic mass is 9.85. The van der Waals surface area contributed by atoms with Gasteiger partial charge in [0, 0.05) is 6.54 Å². The van der Waals surface area contributed by atoms with Crippen molar-refractivity contribution in [2.75, 3.05) is 34.3 Å². The molecule has 3 rings (SSSR count). The van der Waals surface area contributed by atoms with Gasteiger partial charge in [-0.05, 0) is 69.2 Å². The molecule has 0 saturated carbocycles. The molecule has 1 unspecified atom stereocenters. The zero-order valence-corrected chi connectivity index (χ0v) is 20.6. The third kappa shape index (κ3) is 4.98. The first kappa shape index (κ1) is 24.6. The summed E-state index contributed by atoms with van der Waals surface area (Å²) in [5.41, 5.74) is 1.18. The monoisotopic (exact) mass is 454 g/mol. The van der Waals surface area contributed by atoms with E-state index in [0.717, 1.165) is 12.1 Å². The normalized spacial score (nSPS) is 18.4. The van der Waals surface area contributed by atoms with Gasteiger partial charge in [-0.1, -0.05) is 26.8 Å². The van der Waals surface area contributed by atoms with Crippen LogP contribution in [0.25, 0.3) is 5.76 Å². The molecule has 1 saturated heterocycles. The summed E-state index contributed by atoms with van der Waals surface area (Å²) in [5.74, 6) is -0.0840. The summed E-state index contributed by atoms with van der Waals surface area (Å²) >= 11 is 0. The van der Waals surface area contributed by atoms with E-state index in [1.54, 1.807) is 25.1 Å². The Hall–Kier alpha value is -3.06. The van der Waals surface area contributed by atoms with Gasteiger partial charge in [-0.15, -0.1) is 0 Å². The van der Waals surface area contributed by atoms with Gasteiger partial charge in [-0.3, -0.25) is 9.59 Å². The van der Waals surface area contributed by atoms with Crippen LogP contribution in [0, 0.1) is 6.92 Å². The molecule has 7 heteroatoms. The predicted molar refractivity (Wildman–Crippen MR) is 127 cm³/mol. The molecule has 1 aliphatic rings. The fourth-order valence-corrected chi connectivity index (χ4v) is 4.07. The largest absolute Gasteiger partial charge is 0.507 e. The van der Waals surface area contributed by atoms with Crippen LogP contribution in [0.3, 0.4) is 0 Å². The number of nitrogens with zero attached hydrogens (tertiary/aromatic N) is 2. The number of benzene rings is 1. The summed E-state index contributed by atoms with van der Waals surface area (Å²) in [6, 6.07) is 8.26. The fourth-order valence-electron chi connectivity index (χ4n) is 4.07. The summed E-state index contributed by atoms with van der Waals surface area (Å²) in [4.78, 5) is 29.8. The van der Waals surface area contributed by atoms with Gasteiger partial charge in [0.1, 0.15) is 29.1 Å². The van der Waals surface area contributed by atoms with E-state index in [-0.39, 0.29) is 16.7 Å². The minimum atomic E-state index is -0.802. The molecule has 0 radical (unpaired) electrons. The van der Waals surface area contributed by atoms with E-state index in [9.17, 15) is 14.7 Å². The van der Waals surface area contributed by atoms with Crippen molar-refractivity contribution in [2.45, 2.75) is 45.6 Å². The highest BCUT2D eigenvalue weighted by atomic mass is 16.5. The molecule has 1 aliphatic heterocycles. The molecule has 33 heavy (non-hydrogen) atoms. The van der Waals surface area contributed by atoms with Crippen molar-refractivity contribution in [3.8, 4) is 5.75 Å². The van der Waals surface area contributed by atoms with Gasteiger partial charge in [0.05, 0.1) is 18.2 Å². The quantitative estimate of drug-likeness (QED) is 0.382. The summed E-state index contributed by atoms with van der Waals surface area (Å²) in [6.45, 7) is 9.12. The molecule has 0 bridgehead atoms. The number of carbonyl (C=O) groups is 2. The van der Waals surface area contributed by atoms with E-state index >= 15 is 0 Å². The van der Waals surface area contributed by atoms with Crippen molar-refractivity contribution in [2.24, 2.45) is 0 Å². The Bertz CT molecular complexity index is 1070. The summed E-state index contributed by atoms with van der Waals surface area (Å²) in [6.07, 6.45) is 0.680. The zero-order chi connectivity index (χ0) is 24.5. The van der Waals surface area contributed by atoms with Crippen molar-refractivity contribution in [1.82, 2.24) is 9.80 Å². The van der Waals surface area contributed by atoms with E-state index in [0.29, 0.717) is 35.8 Å². The number of rotatable bonds is 7. The van der Waals surface area contributed by atoms with Crippen LogP contribution in [0.5, 0.6) is 5.75 Å². The Kier molecular flexibility index (Phi) is 7.03. The zero-order valence-electron chi connectivity index (χ0n) is 20.6. The standard InChI is InChI=1S/C26H34N2O5/c1-16-9-11-20(33-16)22-21(24(30)25(31)28(22)14-8-13-27(5)6)23(29)18-15-17(26(2,3)4)10-12-19(18)32-7/h9-12,15,22,29H,8,13-14H2,1-7H3/b23-21+. The number of aryl methyl sites for hydroxylation is 1. The number of methoxy groups -OCH3 is 1. The minimum Gasteiger partial charge on any atom is -0.507 e. The van der Waals surface area contributed by atoms with Crippen LogP contribution in [0.4, 0.5) is 0 Å². The van der Waals surface area contributed by atoms with Gasteiger partial charge >= 0.3 is 0 Å². The fraction of sp³-hybridized carbons (Fsp3) is 0.462. The third-order valence-corrected chi connectivity index (χ3v) is 5.90. The van der Waals surface area contributed by atoms with Crippen molar-refractivity contribution in [1.29, 1.82) is 0 Å². The van der Waals surface area contributed by atoms with E-state index in [4.69, 9.17) is 9.15 Å². The van der Waals surface area contributed by atoms with E-state index in [1.807, 2.05) is 31.1 Å². The van der Waals surface area contributed by atoms with Crippen molar-refractivity contribution in [3.05, 3.63) is 58.6 Å². The highest BCUT2D eigenvalue weighted by Crippen LogP contribution is 2.42. The second kappa shape index (κ2) is 9.43. The lowest BCUT2D eigenvalue weighted by Crippen LogP contribution is -2.32. The lowest BCUT2D eigenvalue weighted by Gasteiger charge is -2.24. The van der Waals surface area contributed by atoms with Crippen LogP contribution in [0.1, 0.15) is 55.9 Å². The van der Waals surface area contributed by atoms with Crippen LogP contribution < -0.4 is 4.74 Å². The number of likely N-dealkylation sites (tertiary alicyclic amines) is 1. The molecule has 1 N–H and O–H groups in total. The Balaban J connectivity index is 2.17. The maximum atomic E-state index is 13.2. The van der Waals surface area contributed by atoms with Crippen molar-refractivity contribution >= 4 is 17.4 Å². The number of amides is 1. The highest BCUT2D eigenvalue weighted by molar-refractivity contribution is 6.46. The van der Waals surface area contributed by atoms with E-state index < -0.39 is 17.7 Å². The van der Waals surface area contributed by atoms with Gasteiger partial charge in [0.2, 0.25) is 0 Å². The maximum Gasteiger partial charge on any atom is 0.295 e. The Morgan fingerprint density at radius 2 is 1.88 bits per heavy atom. The molecule has 1 amide bonds. The number of hydrogen-bond donors (Lipinski definition) is 1. The molecule has 2 heterocycles. The van der Waals surface area contributed by atoms with Gasteiger partial charge < -0.3 is 24.1 Å². The molecule has 1 aromatic carbocycles. The third-order valence-electron chi connectivity index (χ3n) is 5.90. The number of hydrogen-bond acceptors (Lipinski definition) is 6. The first-order chi connectivity index (χ1) is 15.5. The van der Waals surface area contributed by atoms with Gasteiger partial charge in [-0.25, -0.2) is 0 Å². The summed E-state index contributed by atoms with van der Waals surface area (Å²) in [7, 11) is 5.42. The average molecular weight is 455 g/mol. The van der Waals surface area contributed by atoms with Gasteiger partial charge in [-0.2, -0.15) is 0 Å². The Labute approximate surface area is 195 Å². The number of Topliss-reactive ketones (excluding diaryl/α,β-unsaturated/α-hetero) is 1. The van der Waals surface area contributed by atoms with Crippen LogP contribution in [-0.2, 0) is 15.0 Å². The van der Waals surface area contributed by atoms with E-state index in [2.05, 4.69) is 20.8 Å². The van der Waals surface area contributed by atoms with Gasteiger partial charge in [0.25, 0.3) is 11.7 Å².